The SMILES string of the molecule is Cc1nc(-c2ccc3c(c2)N(C(C)C(=O)Nc2ccc(Oc4ccccc4)cc2)C(=O)CO3)c(C)s1. The molecule has 4 aromatic rings. The molecule has 5 rings (SSSR count). The minimum atomic E-state index is -0.756. The van der Waals surface area contributed by atoms with Crippen molar-refractivity contribution in [3.63, 3.8) is 0 Å². The summed E-state index contributed by atoms with van der Waals surface area (Å²) < 4.78 is 11.5. The Hall–Kier alpha value is -4.17. The number of amides is 2. The van der Waals surface area contributed by atoms with Crippen LogP contribution in [-0.2, 0) is 9.59 Å². The number of anilines is 2. The molecule has 1 atom stereocenters. The van der Waals surface area contributed by atoms with Crippen molar-refractivity contribution in [3.8, 4) is 28.5 Å². The van der Waals surface area contributed by atoms with E-state index in [1.807, 2.05) is 62.4 Å². The zero-order chi connectivity index (χ0) is 25.2. The first-order chi connectivity index (χ1) is 17.4. The van der Waals surface area contributed by atoms with Gasteiger partial charge in [0.2, 0.25) is 5.91 Å². The molecule has 8 heteroatoms. The van der Waals surface area contributed by atoms with E-state index in [0.717, 1.165) is 26.9 Å². The fourth-order valence-corrected chi connectivity index (χ4v) is 4.97. The summed E-state index contributed by atoms with van der Waals surface area (Å²) in [5.41, 5.74) is 2.91. The number of nitrogens with one attached hydrogen (secondary N) is 1. The topological polar surface area (TPSA) is 80.8 Å². The number of aryl methyl sites for hydroxylation is 2. The van der Waals surface area contributed by atoms with Crippen molar-refractivity contribution in [2.24, 2.45) is 0 Å². The van der Waals surface area contributed by atoms with Gasteiger partial charge in [-0.25, -0.2) is 4.98 Å². The number of para-hydroxylation sites is 1. The monoisotopic (exact) mass is 499 g/mol. The van der Waals surface area contributed by atoms with Crippen molar-refractivity contribution >= 4 is 34.5 Å². The molecule has 1 unspecified atom stereocenters. The summed E-state index contributed by atoms with van der Waals surface area (Å²) in [7, 11) is 0. The lowest BCUT2D eigenvalue weighted by molar-refractivity contribution is -0.125. The molecule has 1 N–H and O–H groups in total. The highest BCUT2D eigenvalue weighted by Gasteiger charge is 2.33. The van der Waals surface area contributed by atoms with Crippen LogP contribution in [0, 0.1) is 13.8 Å². The number of hydrogen-bond donors (Lipinski definition) is 1. The number of hydrogen-bond acceptors (Lipinski definition) is 6. The number of aromatic nitrogens is 1. The van der Waals surface area contributed by atoms with Crippen LogP contribution in [0.4, 0.5) is 11.4 Å². The first-order valence-corrected chi connectivity index (χ1v) is 12.4. The van der Waals surface area contributed by atoms with Crippen LogP contribution < -0.4 is 19.7 Å². The molecule has 0 saturated carbocycles. The lowest BCUT2D eigenvalue weighted by Gasteiger charge is -2.33. The Morgan fingerprint density at radius 1 is 1.06 bits per heavy atom. The molecule has 0 radical (unpaired) electrons. The molecule has 36 heavy (non-hydrogen) atoms. The maximum atomic E-state index is 13.2. The molecule has 7 nitrogen and oxygen atoms in total. The van der Waals surface area contributed by atoms with Gasteiger partial charge in [0.1, 0.15) is 23.3 Å². The van der Waals surface area contributed by atoms with Gasteiger partial charge in [-0.05, 0) is 75.4 Å². The first kappa shape index (κ1) is 23.6. The van der Waals surface area contributed by atoms with Crippen LogP contribution in [0.15, 0.2) is 72.8 Å². The van der Waals surface area contributed by atoms with Crippen molar-refractivity contribution in [2.45, 2.75) is 26.8 Å². The number of ether oxygens (including phenoxy) is 2. The van der Waals surface area contributed by atoms with E-state index in [1.165, 1.54) is 4.90 Å². The standard InChI is InChI=1S/C28H25N3O4S/c1-17(28(33)30-21-10-12-23(13-11-21)35-22-7-5-4-6-8-22)31-24-15-20(27-18(2)36-19(3)29-27)9-14-25(24)34-16-26(31)32/h4-15,17H,16H2,1-3H3,(H,30,33). The lowest BCUT2D eigenvalue weighted by Crippen LogP contribution is -2.49. The normalized spacial score (nSPS) is 13.5. The van der Waals surface area contributed by atoms with Crippen LogP contribution in [0.5, 0.6) is 17.2 Å². The number of nitrogens with zero attached hydrogens (tertiary/aromatic N) is 2. The van der Waals surface area contributed by atoms with E-state index >= 15 is 0 Å². The summed E-state index contributed by atoms with van der Waals surface area (Å²) in [4.78, 5) is 33.3. The smallest absolute Gasteiger partial charge is 0.265 e. The molecule has 0 spiro atoms. The third-order valence-corrected chi connectivity index (χ3v) is 6.77. The van der Waals surface area contributed by atoms with Gasteiger partial charge in [-0.3, -0.25) is 14.5 Å². The van der Waals surface area contributed by atoms with Crippen LogP contribution in [-0.4, -0.2) is 29.4 Å². The first-order valence-electron chi connectivity index (χ1n) is 11.6. The average Bonchev–Trinajstić information content (AvgIpc) is 3.22. The Balaban J connectivity index is 1.34. The second-order valence-corrected chi connectivity index (χ2v) is 9.88. The minimum absolute atomic E-state index is 0.121. The Kier molecular flexibility index (Phi) is 6.43. The molecule has 2 heterocycles. The second kappa shape index (κ2) is 9.83. The van der Waals surface area contributed by atoms with Gasteiger partial charge in [-0.1, -0.05) is 18.2 Å². The number of fused-ring (bicyclic) bond motifs is 1. The highest BCUT2D eigenvalue weighted by atomic mass is 32.1. The van der Waals surface area contributed by atoms with Gasteiger partial charge in [0.25, 0.3) is 5.91 Å². The van der Waals surface area contributed by atoms with E-state index in [-0.39, 0.29) is 18.4 Å². The van der Waals surface area contributed by atoms with Gasteiger partial charge in [-0.15, -0.1) is 11.3 Å². The molecular formula is C28H25N3O4S. The number of carbonyl (C=O) groups is 2. The third kappa shape index (κ3) is 4.81. The molecule has 0 aliphatic carbocycles. The van der Waals surface area contributed by atoms with Gasteiger partial charge in [0.15, 0.2) is 6.61 Å². The zero-order valence-electron chi connectivity index (χ0n) is 20.1. The minimum Gasteiger partial charge on any atom is -0.482 e. The van der Waals surface area contributed by atoms with Crippen LogP contribution >= 0.6 is 11.3 Å². The zero-order valence-corrected chi connectivity index (χ0v) is 21.0. The van der Waals surface area contributed by atoms with E-state index in [4.69, 9.17) is 9.47 Å². The fraction of sp³-hybridized carbons (Fsp3) is 0.179. The van der Waals surface area contributed by atoms with Crippen molar-refractivity contribution in [1.29, 1.82) is 0 Å². The average molecular weight is 500 g/mol. The van der Waals surface area contributed by atoms with Gasteiger partial charge >= 0.3 is 0 Å². The van der Waals surface area contributed by atoms with Crippen molar-refractivity contribution in [2.75, 3.05) is 16.8 Å². The van der Waals surface area contributed by atoms with Gasteiger partial charge in [0.05, 0.1) is 16.4 Å². The van der Waals surface area contributed by atoms with Gasteiger partial charge < -0.3 is 14.8 Å². The molecule has 1 aliphatic heterocycles. The predicted molar refractivity (Wildman–Crippen MR) is 141 cm³/mol. The van der Waals surface area contributed by atoms with Crippen LogP contribution in [0.1, 0.15) is 16.8 Å². The third-order valence-electron chi connectivity index (χ3n) is 5.88. The predicted octanol–water partition coefficient (Wildman–Crippen LogP) is 5.97. The van der Waals surface area contributed by atoms with E-state index in [0.29, 0.717) is 22.9 Å². The number of thiazole rings is 1. The van der Waals surface area contributed by atoms with E-state index in [9.17, 15) is 9.59 Å². The molecule has 182 valence electrons. The summed E-state index contributed by atoms with van der Waals surface area (Å²) in [5, 5.41) is 3.87. The lowest BCUT2D eigenvalue weighted by atomic mass is 10.1. The Bertz CT molecular complexity index is 1420. The number of rotatable bonds is 6. The Morgan fingerprint density at radius 2 is 1.78 bits per heavy atom. The van der Waals surface area contributed by atoms with E-state index in [2.05, 4.69) is 10.3 Å². The van der Waals surface area contributed by atoms with Crippen LogP contribution in [0.25, 0.3) is 11.3 Å². The highest BCUT2D eigenvalue weighted by molar-refractivity contribution is 7.11. The van der Waals surface area contributed by atoms with E-state index < -0.39 is 6.04 Å². The summed E-state index contributed by atoms with van der Waals surface area (Å²) >= 11 is 1.62. The van der Waals surface area contributed by atoms with Crippen LogP contribution in [0.2, 0.25) is 0 Å². The molecule has 0 saturated heterocycles. The summed E-state index contributed by atoms with van der Waals surface area (Å²) in [6.45, 7) is 5.57. The van der Waals surface area contributed by atoms with E-state index in [1.54, 1.807) is 42.5 Å². The summed E-state index contributed by atoms with van der Waals surface area (Å²) in [5.74, 6) is 1.36. The van der Waals surface area contributed by atoms with Gasteiger partial charge in [-0.2, -0.15) is 0 Å². The number of carbonyl (C=O) groups excluding carboxylic acids is 2. The quantitative estimate of drug-likeness (QED) is 0.353. The maximum absolute atomic E-state index is 13.2. The van der Waals surface area contributed by atoms with Crippen LogP contribution in [0.3, 0.4) is 0 Å². The van der Waals surface area contributed by atoms with Gasteiger partial charge in [0, 0.05) is 16.1 Å². The molecule has 0 fully saturated rings. The molecule has 2 amide bonds. The van der Waals surface area contributed by atoms with Crippen molar-refractivity contribution in [1.82, 2.24) is 4.98 Å². The summed E-state index contributed by atoms with van der Waals surface area (Å²) in [6, 6.07) is 21.4. The maximum Gasteiger partial charge on any atom is 0.265 e. The molecule has 1 aliphatic rings. The molecule has 3 aromatic carbocycles. The second-order valence-electron chi connectivity index (χ2n) is 8.48. The van der Waals surface area contributed by atoms with Crippen molar-refractivity contribution in [3.05, 3.63) is 82.7 Å². The number of benzene rings is 3. The fourth-order valence-electron chi connectivity index (χ4n) is 4.13. The van der Waals surface area contributed by atoms with Crippen molar-refractivity contribution < 1.29 is 19.1 Å². The largest absolute Gasteiger partial charge is 0.482 e. The Labute approximate surface area is 213 Å². The highest BCUT2D eigenvalue weighted by Crippen LogP contribution is 2.38. The molecule has 0 bridgehead atoms. The molecule has 1 aromatic heterocycles. The molecular weight excluding hydrogens is 474 g/mol. The summed E-state index contributed by atoms with van der Waals surface area (Å²) in [6.07, 6.45) is 0. The Morgan fingerprint density at radius 3 is 2.47 bits per heavy atom.